The topological polar surface area (TPSA) is 27.7 Å². The van der Waals surface area contributed by atoms with Crippen LogP contribution in [-0.2, 0) is 11.5 Å². The van der Waals surface area contributed by atoms with Gasteiger partial charge in [0.15, 0.2) is 0 Å². The van der Waals surface area contributed by atoms with E-state index >= 15 is 0 Å². The average molecular weight is 347 g/mol. The molecule has 1 aliphatic rings. The van der Waals surface area contributed by atoms with Gasteiger partial charge in [-0.05, 0) is 74.8 Å². The van der Waals surface area contributed by atoms with Crippen molar-refractivity contribution in [1.82, 2.24) is 10.4 Å². The van der Waals surface area contributed by atoms with Crippen molar-refractivity contribution in [1.29, 1.82) is 0 Å². The lowest BCUT2D eigenvalue weighted by Gasteiger charge is -2.36. The van der Waals surface area contributed by atoms with Crippen LogP contribution in [0.1, 0.15) is 24.0 Å². The van der Waals surface area contributed by atoms with Gasteiger partial charge in [0.1, 0.15) is 17.3 Å². The third kappa shape index (κ3) is 4.15. The smallest absolute Gasteiger partial charge is 0.149 e. The molecule has 0 amide bonds. The first-order valence-electron chi connectivity index (χ1n) is 8.51. The Kier molecular flexibility index (Phi) is 5.63. The second kappa shape index (κ2) is 7.91. The first-order chi connectivity index (χ1) is 12.1. The minimum absolute atomic E-state index is 0.305. The third-order valence-corrected chi connectivity index (χ3v) is 4.21. The highest BCUT2D eigenvalue weighted by atomic mass is 19.1. The van der Waals surface area contributed by atoms with E-state index in [2.05, 4.69) is 5.32 Å². The second-order valence-corrected chi connectivity index (χ2v) is 6.28. The van der Waals surface area contributed by atoms with Crippen LogP contribution < -0.4 is 10.4 Å². The predicted octanol–water partition coefficient (Wildman–Crippen LogP) is 4.07. The quantitative estimate of drug-likeness (QED) is 0.797. The van der Waals surface area contributed by atoms with Crippen molar-refractivity contribution >= 4 is 11.4 Å². The Morgan fingerprint density at radius 1 is 1.08 bits per heavy atom. The molecule has 0 saturated heterocycles. The van der Waals surface area contributed by atoms with E-state index in [9.17, 15) is 8.78 Å². The Morgan fingerprint density at radius 2 is 1.88 bits per heavy atom. The Morgan fingerprint density at radius 3 is 2.64 bits per heavy atom. The molecule has 2 aromatic rings. The van der Waals surface area contributed by atoms with E-state index in [4.69, 9.17) is 4.94 Å². The first-order valence-corrected chi connectivity index (χ1v) is 8.51. The summed E-state index contributed by atoms with van der Waals surface area (Å²) in [6.07, 6.45) is 1.93. The fourth-order valence-corrected chi connectivity index (χ4v) is 2.92. The average Bonchev–Trinajstić information content (AvgIpc) is 2.58. The summed E-state index contributed by atoms with van der Waals surface area (Å²) in [6.45, 7) is 3.91. The second-order valence-electron chi connectivity index (χ2n) is 6.28. The molecule has 0 unspecified atom stereocenters. The number of rotatable bonds is 6. The van der Waals surface area contributed by atoms with Crippen LogP contribution in [0.5, 0.6) is 0 Å². The molecule has 1 aliphatic heterocycles. The van der Waals surface area contributed by atoms with E-state index in [0.29, 0.717) is 24.5 Å². The third-order valence-electron chi connectivity index (χ3n) is 4.21. The van der Waals surface area contributed by atoms with Gasteiger partial charge in [-0.15, -0.1) is 0 Å². The molecule has 0 saturated carbocycles. The fraction of sp³-hybridized carbons (Fsp3) is 0.368. The van der Waals surface area contributed by atoms with Crippen LogP contribution in [0.2, 0.25) is 0 Å². The van der Waals surface area contributed by atoms with Gasteiger partial charge in [-0.2, -0.15) is 15.1 Å². The number of aryl methyl sites for hydroxylation is 1. The van der Waals surface area contributed by atoms with E-state index in [1.165, 1.54) is 23.3 Å². The van der Waals surface area contributed by atoms with Gasteiger partial charge in [0.2, 0.25) is 0 Å². The molecule has 0 aromatic heterocycles. The first kappa shape index (κ1) is 17.8. The number of unbranched alkanes of at least 4 members (excludes halogenated alkanes) is 1. The highest BCUT2D eigenvalue weighted by Gasteiger charge is 2.27. The normalized spacial score (nSPS) is 14.6. The van der Waals surface area contributed by atoms with Crippen LogP contribution in [0.3, 0.4) is 0 Å². The number of hydroxylamine groups is 2. The summed E-state index contributed by atoms with van der Waals surface area (Å²) in [7, 11) is 1.92. The fourth-order valence-electron chi connectivity index (χ4n) is 2.92. The van der Waals surface area contributed by atoms with Gasteiger partial charge in [0.05, 0.1) is 12.2 Å². The lowest BCUT2D eigenvalue weighted by atomic mass is 10.1. The van der Waals surface area contributed by atoms with Crippen molar-refractivity contribution in [3.05, 3.63) is 59.2 Å². The number of hydrogen-bond donors (Lipinski definition) is 1. The zero-order valence-electron chi connectivity index (χ0n) is 14.6. The van der Waals surface area contributed by atoms with Crippen molar-refractivity contribution in [2.45, 2.75) is 26.3 Å². The zero-order chi connectivity index (χ0) is 17.8. The van der Waals surface area contributed by atoms with Crippen molar-refractivity contribution < 1.29 is 13.7 Å². The molecular formula is C19H23F2N3O. The maximum Gasteiger partial charge on any atom is 0.149 e. The zero-order valence-corrected chi connectivity index (χ0v) is 14.6. The highest BCUT2D eigenvalue weighted by Crippen LogP contribution is 2.36. The van der Waals surface area contributed by atoms with Crippen molar-refractivity contribution in [2.24, 2.45) is 0 Å². The number of benzene rings is 2. The molecule has 0 spiro atoms. The number of hydrogen-bond acceptors (Lipinski definition) is 4. The summed E-state index contributed by atoms with van der Waals surface area (Å²) in [6, 6.07) is 9.45. The van der Waals surface area contributed by atoms with E-state index in [-0.39, 0.29) is 11.6 Å². The molecular weight excluding hydrogens is 324 g/mol. The van der Waals surface area contributed by atoms with E-state index < -0.39 is 0 Å². The summed E-state index contributed by atoms with van der Waals surface area (Å²) in [5.74, 6) is -0.674. The molecule has 3 rings (SSSR count). The van der Waals surface area contributed by atoms with Crippen LogP contribution in [0.4, 0.5) is 20.2 Å². The SMILES string of the molecule is CNCCCCN1Cc2cc(F)ccc2N(c2ccc(C)cc2F)O1. The van der Waals surface area contributed by atoms with Crippen molar-refractivity contribution in [3.63, 3.8) is 0 Å². The molecule has 0 atom stereocenters. The maximum absolute atomic E-state index is 14.5. The van der Waals surface area contributed by atoms with Crippen LogP contribution in [0.15, 0.2) is 36.4 Å². The van der Waals surface area contributed by atoms with E-state index in [1.54, 1.807) is 17.2 Å². The highest BCUT2D eigenvalue weighted by molar-refractivity contribution is 5.65. The number of fused-ring (bicyclic) bond motifs is 1. The standard InChI is InChI=1S/C19H23F2N3O/c1-14-5-7-19(17(21)11-14)24-18-8-6-16(20)12-15(18)13-23(25-24)10-4-3-9-22-2/h5-8,11-12,22H,3-4,9-10,13H2,1-2H3. The van der Waals surface area contributed by atoms with Gasteiger partial charge in [-0.25, -0.2) is 8.78 Å². The van der Waals surface area contributed by atoms with Gasteiger partial charge in [-0.3, -0.25) is 0 Å². The molecule has 0 fully saturated rings. The summed E-state index contributed by atoms with van der Waals surface area (Å²) in [5.41, 5.74) is 2.59. The Labute approximate surface area is 146 Å². The molecule has 0 radical (unpaired) electrons. The van der Waals surface area contributed by atoms with Crippen LogP contribution >= 0.6 is 0 Å². The minimum Gasteiger partial charge on any atom is -0.320 e. The molecule has 1 heterocycles. The lowest BCUT2D eigenvalue weighted by Crippen LogP contribution is -2.38. The van der Waals surface area contributed by atoms with Gasteiger partial charge in [0, 0.05) is 6.54 Å². The lowest BCUT2D eigenvalue weighted by molar-refractivity contribution is -0.176. The number of nitrogens with zero attached hydrogens (tertiary/aromatic N) is 2. The van der Waals surface area contributed by atoms with Crippen LogP contribution in [-0.4, -0.2) is 25.2 Å². The molecule has 2 aromatic carbocycles. The molecule has 6 heteroatoms. The number of anilines is 2. The predicted molar refractivity (Wildman–Crippen MR) is 94.3 cm³/mol. The van der Waals surface area contributed by atoms with E-state index in [1.807, 2.05) is 20.0 Å². The van der Waals surface area contributed by atoms with Crippen molar-refractivity contribution in [3.8, 4) is 0 Å². The monoisotopic (exact) mass is 347 g/mol. The molecule has 1 N–H and O–H groups in total. The van der Waals surface area contributed by atoms with Gasteiger partial charge >= 0.3 is 0 Å². The van der Waals surface area contributed by atoms with Gasteiger partial charge in [-0.1, -0.05) is 6.07 Å². The van der Waals surface area contributed by atoms with E-state index in [0.717, 1.165) is 30.5 Å². The maximum atomic E-state index is 14.5. The molecule has 25 heavy (non-hydrogen) atoms. The molecule has 0 bridgehead atoms. The summed E-state index contributed by atoms with van der Waals surface area (Å²) in [4.78, 5) is 5.92. The Hall–Kier alpha value is -2.02. The van der Waals surface area contributed by atoms with Crippen molar-refractivity contribution in [2.75, 3.05) is 25.2 Å². The Balaban J connectivity index is 1.87. The minimum atomic E-state index is -0.368. The van der Waals surface area contributed by atoms with Crippen LogP contribution in [0.25, 0.3) is 0 Å². The molecule has 0 aliphatic carbocycles. The summed E-state index contributed by atoms with van der Waals surface area (Å²) >= 11 is 0. The number of halogens is 2. The summed E-state index contributed by atoms with van der Waals surface area (Å²) in [5, 5.41) is 6.30. The molecule has 134 valence electrons. The molecule has 4 nitrogen and oxygen atoms in total. The van der Waals surface area contributed by atoms with Crippen LogP contribution in [0, 0.1) is 18.6 Å². The van der Waals surface area contributed by atoms with Gasteiger partial charge < -0.3 is 5.32 Å². The summed E-state index contributed by atoms with van der Waals surface area (Å²) < 4.78 is 28.1. The largest absolute Gasteiger partial charge is 0.320 e. The number of nitrogens with one attached hydrogen (secondary N) is 1. The van der Waals surface area contributed by atoms with Gasteiger partial charge in [0.25, 0.3) is 0 Å². The Bertz CT molecular complexity index is 739.